The fraction of sp³-hybridized carbons (Fsp3) is 0.432. The number of aliphatic hydroxyl groups is 1. The lowest BCUT2D eigenvalue weighted by molar-refractivity contribution is -0.141. The van der Waals surface area contributed by atoms with Gasteiger partial charge in [0.1, 0.15) is 28.5 Å². The van der Waals surface area contributed by atoms with E-state index in [9.17, 15) is 33.0 Å². The Morgan fingerprint density at radius 2 is 1.73 bits per heavy atom. The van der Waals surface area contributed by atoms with Crippen LogP contribution < -0.4 is 25.0 Å². The van der Waals surface area contributed by atoms with E-state index in [1.54, 1.807) is 13.0 Å². The molecule has 0 spiro atoms. The minimum Gasteiger partial charge on any atom is -0.508 e. The number of fused-ring (bicyclic) bond motifs is 1. The Bertz CT molecular complexity index is 1720. The van der Waals surface area contributed by atoms with Crippen LogP contribution >= 0.6 is 11.8 Å². The molecule has 2 amide bonds. The molecule has 0 fully saturated rings. The minimum absolute atomic E-state index is 0.0108. The van der Waals surface area contributed by atoms with Crippen molar-refractivity contribution in [3.8, 4) is 5.75 Å². The average Bonchev–Trinajstić information content (AvgIpc) is 3.21. The molecular weight excluding hydrogens is 693 g/mol. The molecule has 1 aliphatic rings. The predicted octanol–water partition coefficient (Wildman–Crippen LogP) is 5.98. The molecule has 2 aromatic carbocycles. The van der Waals surface area contributed by atoms with E-state index in [1.807, 2.05) is 41.5 Å². The van der Waals surface area contributed by atoms with Crippen molar-refractivity contribution in [2.45, 2.75) is 93.6 Å². The first-order chi connectivity index (χ1) is 24.2. The molecule has 5 N–H and O–H groups in total. The van der Waals surface area contributed by atoms with Crippen LogP contribution in [0.2, 0.25) is 0 Å². The van der Waals surface area contributed by atoms with Crippen LogP contribution in [0.15, 0.2) is 88.4 Å². The summed E-state index contributed by atoms with van der Waals surface area (Å²) in [7, 11) is -4.08. The van der Waals surface area contributed by atoms with Crippen molar-refractivity contribution >= 4 is 50.9 Å². The molecule has 1 aliphatic heterocycles. The van der Waals surface area contributed by atoms with Crippen molar-refractivity contribution in [1.82, 2.24) is 15.4 Å². The van der Waals surface area contributed by atoms with E-state index >= 15 is 0 Å². The van der Waals surface area contributed by atoms with Crippen LogP contribution in [0.1, 0.15) is 66.2 Å². The molecule has 0 aromatic heterocycles. The van der Waals surface area contributed by atoms with Gasteiger partial charge in [-0.1, -0.05) is 70.4 Å². The fourth-order valence-corrected chi connectivity index (χ4v) is 7.86. The number of amides is 2. The normalized spacial score (nSPS) is 16.4. The van der Waals surface area contributed by atoms with Gasteiger partial charge in [0.05, 0.1) is 16.1 Å². The summed E-state index contributed by atoms with van der Waals surface area (Å²) in [5.74, 6) is -2.83. The number of carboxylic acid groups (broad SMARTS) is 1. The minimum atomic E-state index is -4.08. The first kappa shape index (κ1) is 41.2. The molecule has 2 atom stereocenters. The van der Waals surface area contributed by atoms with E-state index in [0.717, 1.165) is 31.4 Å². The third kappa shape index (κ3) is 11.1. The van der Waals surface area contributed by atoms with Gasteiger partial charge in [-0.2, -0.15) is 0 Å². The number of hydrogen-bond acceptors (Lipinski definition) is 9. The smallest absolute Gasteiger partial charge is 0.325 e. The molecule has 2 aromatic rings. The van der Waals surface area contributed by atoms with Crippen LogP contribution in [-0.2, 0) is 24.4 Å². The number of aliphatic hydroxyl groups excluding tert-OH is 1. The number of nitrogens with zero attached hydrogens (tertiary/aromatic N) is 1. The lowest BCUT2D eigenvalue weighted by atomic mass is 9.87. The molecule has 278 valence electrons. The molecule has 1 heterocycles. The van der Waals surface area contributed by atoms with Gasteiger partial charge in [-0.25, -0.2) is 13.1 Å². The maximum absolute atomic E-state index is 14.3. The summed E-state index contributed by atoms with van der Waals surface area (Å²) in [5.41, 5.74) is 0.665. The molecule has 0 radical (unpaired) electrons. The summed E-state index contributed by atoms with van der Waals surface area (Å²) in [6.45, 7) is 10.7. The van der Waals surface area contributed by atoms with Gasteiger partial charge in [-0.3, -0.25) is 14.4 Å². The fourth-order valence-electron chi connectivity index (χ4n) is 5.66. The van der Waals surface area contributed by atoms with Crippen molar-refractivity contribution in [2.24, 2.45) is 0 Å². The molecule has 0 bridgehead atoms. The van der Waals surface area contributed by atoms with E-state index in [4.69, 9.17) is 4.74 Å². The van der Waals surface area contributed by atoms with Crippen LogP contribution in [0.3, 0.4) is 0 Å². The number of hydrogen-bond donors (Lipinski definition) is 5. The standard InChI is InChI=1S/C37H50N4O8S2/c1-7-10-19-37(20-11-8-2)24-41(27-15-13-12-14-16-27)29-21-31(50-6)30(22-32(29)51(47,48)40-37)49-23-33(43)39-34(25(4)17-18-28(42)9-3)35(44)38-26(5)36(45)46/h9,12-18,21-22,26,34,40,42H,4,7-8,10-11,19-20,23-24H2,1-3,5-6H3,(H,38,44)(H,39,43)(H,45,46)/b18-17-,28-9+/t26?,34-/m1/s1. The first-order valence-corrected chi connectivity index (χ1v) is 19.7. The van der Waals surface area contributed by atoms with Crippen LogP contribution in [0.25, 0.3) is 0 Å². The van der Waals surface area contributed by atoms with E-state index in [2.05, 4.69) is 35.8 Å². The monoisotopic (exact) mass is 742 g/mol. The van der Waals surface area contributed by atoms with Crippen molar-refractivity contribution < 1.29 is 37.8 Å². The Hall–Kier alpha value is -4.27. The third-order valence-corrected chi connectivity index (χ3v) is 10.9. The van der Waals surface area contributed by atoms with Crippen LogP contribution in [0.4, 0.5) is 11.4 Å². The van der Waals surface area contributed by atoms with E-state index < -0.39 is 52.0 Å². The van der Waals surface area contributed by atoms with E-state index in [-0.39, 0.29) is 22.0 Å². The number of unbranched alkanes of at least 4 members (excludes halogenated alkanes) is 2. The number of benzene rings is 2. The maximum Gasteiger partial charge on any atom is 0.325 e. The van der Waals surface area contributed by atoms with Crippen LogP contribution in [0, 0.1) is 0 Å². The van der Waals surface area contributed by atoms with Gasteiger partial charge >= 0.3 is 5.97 Å². The number of allylic oxidation sites excluding steroid dienone is 2. The lowest BCUT2D eigenvalue weighted by Gasteiger charge is -2.37. The SMILES string of the molecule is C=C(/C=C\C(O)=C/C)[C@@H](NC(=O)COc1cc2c(cc1SC)N(c1ccccc1)CC(CCCC)(CCCC)NS2(=O)=O)C(=O)NC(C)C(=O)O. The van der Waals surface area contributed by atoms with E-state index in [0.29, 0.717) is 30.0 Å². The highest BCUT2D eigenvalue weighted by Crippen LogP contribution is 2.44. The van der Waals surface area contributed by atoms with Crippen molar-refractivity contribution in [2.75, 3.05) is 24.3 Å². The number of carbonyl (C=O) groups excluding carboxylic acids is 2. The number of carboxylic acids is 1. The number of nitrogens with one attached hydrogen (secondary N) is 3. The number of para-hydroxylation sites is 1. The zero-order chi connectivity index (χ0) is 37.8. The molecule has 1 unspecified atom stereocenters. The number of rotatable bonds is 18. The quantitative estimate of drug-likeness (QED) is 0.0694. The Morgan fingerprint density at radius 1 is 1.08 bits per heavy atom. The molecule has 51 heavy (non-hydrogen) atoms. The van der Waals surface area contributed by atoms with Gasteiger partial charge < -0.3 is 30.5 Å². The number of anilines is 2. The van der Waals surface area contributed by atoms with Crippen molar-refractivity contribution in [3.63, 3.8) is 0 Å². The average molecular weight is 743 g/mol. The Balaban J connectivity index is 2.01. The summed E-state index contributed by atoms with van der Waals surface area (Å²) in [4.78, 5) is 40.3. The van der Waals surface area contributed by atoms with Gasteiger partial charge in [-0.15, -0.1) is 11.8 Å². The van der Waals surface area contributed by atoms with Crippen LogP contribution in [0.5, 0.6) is 5.75 Å². The lowest BCUT2D eigenvalue weighted by Crippen LogP contribution is -2.53. The van der Waals surface area contributed by atoms with Gasteiger partial charge in [0, 0.05) is 18.3 Å². The highest BCUT2D eigenvalue weighted by Gasteiger charge is 2.42. The molecule has 14 heteroatoms. The number of sulfonamides is 1. The molecular formula is C37H50N4O8S2. The first-order valence-electron chi connectivity index (χ1n) is 17.0. The third-order valence-electron chi connectivity index (χ3n) is 8.51. The second-order valence-corrected chi connectivity index (χ2v) is 15.0. The van der Waals surface area contributed by atoms with Crippen molar-refractivity contribution in [1.29, 1.82) is 0 Å². The number of aliphatic carboxylic acids is 1. The second-order valence-electron chi connectivity index (χ2n) is 12.5. The zero-order valence-corrected chi connectivity index (χ0v) is 31.5. The maximum atomic E-state index is 14.3. The molecule has 12 nitrogen and oxygen atoms in total. The summed E-state index contributed by atoms with van der Waals surface area (Å²) in [6, 6.07) is 10.2. The van der Waals surface area contributed by atoms with E-state index in [1.165, 1.54) is 43.0 Å². The zero-order valence-electron chi connectivity index (χ0n) is 29.9. The van der Waals surface area contributed by atoms with Gasteiger partial charge in [-0.05, 0) is 68.9 Å². The summed E-state index contributed by atoms with van der Waals surface area (Å²) in [5, 5.41) is 23.9. The summed E-state index contributed by atoms with van der Waals surface area (Å²) < 4.78 is 37.6. The number of thioether (sulfide) groups is 1. The molecule has 0 saturated heterocycles. The second kappa shape index (κ2) is 18.8. The van der Waals surface area contributed by atoms with Crippen LogP contribution in [-0.4, -0.2) is 73.4 Å². The highest BCUT2D eigenvalue weighted by atomic mass is 32.2. The molecule has 0 saturated carbocycles. The molecule has 0 aliphatic carbocycles. The highest BCUT2D eigenvalue weighted by molar-refractivity contribution is 7.98. The Kier molecular flexibility index (Phi) is 15.2. The molecule has 3 rings (SSSR count). The van der Waals surface area contributed by atoms with Gasteiger partial charge in [0.25, 0.3) is 5.91 Å². The Labute approximate surface area is 305 Å². The summed E-state index contributed by atoms with van der Waals surface area (Å²) >= 11 is 1.33. The largest absolute Gasteiger partial charge is 0.508 e. The van der Waals surface area contributed by atoms with Gasteiger partial charge in [0.15, 0.2) is 6.61 Å². The number of ether oxygens (including phenoxy) is 1. The van der Waals surface area contributed by atoms with Crippen molar-refractivity contribution in [3.05, 3.63) is 78.6 Å². The predicted molar refractivity (Wildman–Crippen MR) is 201 cm³/mol. The van der Waals surface area contributed by atoms with Gasteiger partial charge in [0.2, 0.25) is 15.9 Å². The summed E-state index contributed by atoms with van der Waals surface area (Å²) in [6.07, 6.45) is 10.7. The topological polar surface area (TPSA) is 174 Å². The Morgan fingerprint density at radius 3 is 2.29 bits per heavy atom. The number of carbonyl (C=O) groups is 3.